The Kier molecular flexibility index (Phi) is 7.36. The minimum atomic E-state index is -3.42. The largest absolute Gasteiger partial charge is 0.506 e. The molecule has 2 aromatic heterocycles. The summed E-state index contributed by atoms with van der Waals surface area (Å²) in [6.45, 7) is 4.59. The molecule has 10 nitrogen and oxygen atoms in total. The maximum absolute atomic E-state index is 11.2. The fraction of sp³-hybridized carbons (Fsp3) is 0.478. The highest BCUT2D eigenvalue weighted by atomic mass is 32.2. The molecule has 1 saturated heterocycles. The van der Waals surface area contributed by atoms with Crippen molar-refractivity contribution in [2.75, 3.05) is 30.7 Å². The number of anilines is 1. The van der Waals surface area contributed by atoms with Crippen molar-refractivity contribution in [1.82, 2.24) is 19.4 Å². The number of hydrogen-bond donors (Lipinski definition) is 4. The van der Waals surface area contributed by atoms with Gasteiger partial charge in [0.05, 0.1) is 29.9 Å². The second-order valence-electron chi connectivity index (χ2n) is 8.90. The van der Waals surface area contributed by atoms with Crippen molar-refractivity contribution in [2.24, 2.45) is 5.14 Å². The van der Waals surface area contributed by atoms with Crippen molar-refractivity contribution < 1.29 is 18.6 Å². The molecule has 1 aliphatic rings. The summed E-state index contributed by atoms with van der Waals surface area (Å²) in [5.41, 5.74) is 3.82. The van der Waals surface area contributed by atoms with Crippen LogP contribution in [0.15, 0.2) is 30.3 Å². The predicted molar refractivity (Wildman–Crippen MR) is 131 cm³/mol. The monoisotopic (exact) mass is 488 g/mol. The van der Waals surface area contributed by atoms with Crippen molar-refractivity contribution in [3.8, 4) is 5.75 Å². The Balaban J connectivity index is 1.51. The van der Waals surface area contributed by atoms with Crippen LogP contribution in [0.3, 0.4) is 0 Å². The zero-order valence-electron chi connectivity index (χ0n) is 19.3. The normalized spacial score (nSPS) is 15.7. The van der Waals surface area contributed by atoms with E-state index < -0.39 is 10.0 Å². The standard InChI is InChI=1S/C23H32N6O4S/c1-16-3-6-22(31)20(25-16)14-29-21-13-17(15-30)4-5-19(21)27-23(29)26-18-7-10-28(11-8-18)9-2-12-34(24,32)33/h3-6,13,18,30-31H,2,7-12,14-15H2,1H3,(H,26,27)(H2,24,32,33). The summed E-state index contributed by atoms with van der Waals surface area (Å²) >= 11 is 0. The van der Waals surface area contributed by atoms with Crippen LogP contribution in [0.25, 0.3) is 11.0 Å². The number of pyridine rings is 1. The van der Waals surface area contributed by atoms with E-state index in [0.29, 0.717) is 31.2 Å². The molecule has 184 valence electrons. The number of primary sulfonamides is 1. The molecule has 3 heterocycles. The average molecular weight is 489 g/mol. The number of aryl methyl sites for hydroxylation is 1. The molecule has 0 aliphatic carbocycles. The van der Waals surface area contributed by atoms with Crippen molar-refractivity contribution in [2.45, 2.75) is 45.4 Å². The molecule has 0 bridgehead atoms. The van der Waals surface area contributed by atoms with Crippen LogP contribution in [0.1, 0.15) is 36.2 Å². The van der Waals surface area contributed by atoms with Crippen LogP contribution in [-0.4, -0.2) is 69.5 Å². The number of piperidine rings is 1. The van der Waals surface area contributed by atoms with E-state index >= 15 is 0 Å². The second-order valence-corrected chi connectivity index (χ2v) is 10.6. The number of fused-ring (bicyclic) bond motifs is 1. The molecule has 1 fully saturated rings. The summed E-state index contributed by atoms with van der Waals surface area (Å²) in [5, 5.41) is 28.6. The number of nitrogens with zero attached hydrogens (tertiary/aromatic N) is 4. The summed E-state index contributed by atoms with van der Waals surface area (Å²) in [5.74, 6) is 0.829. The molecule has 4 rings (SSSR count). The number of hydrogen-bond acceptors (Lipinski definition) is 8. The van der Waals surface area contributed by atoms with Crippen molar-refractivity contribution in [3.63, 3.8) is 0 Å². The summed E-state index contributed by atoms with van der Waals surface area (Å²) in [7, 11) is -3.42. The third-order valence-electron chi connectivity index (χ3n) is 6.22. The van der Waals surface area contributed by atoms with Crippen molar-refractivity contribution in [3.05, 3.63) is 47.3 Å². The molecule has 0 unspecified atom stereocenters. The third kappa shape index (κ3) is 6.03. The van der Waals surface area contributed by atoms with Gasteiger partial charge in [-0.3, -0.25) is 4.98 Å². The molecule has 5 N–H and O–H groups in total. The van der Waals surface area contributed by atoms with Crippen LogP contribution < -0.4 is 10.5 Å². The second kappa shape index (κ2) is 10.3. The van der Waals surface area contributed by atoms with E-state index in [4.69, 9.17) is 10.1 Å². The number of aliphatic hydroxyl groups excluding tert-OH is 1. The number of imidazole rings is 1. The predicted octanol–water partition coefficient (Wildman–Crippen LogP) is 1.54. The van der Waals surface area contributed by atoms with Crippen LogP contribution in [0, 0.1) is 6.92 Å². The van der Waals surface area contributed by atoms with E-state index in [2.05, 4.69) is 15.2 Å². The number of nitrogens with one attached hydrogen (secondary N) is 1. The van der Waals surface area contributed by atoms with Gasteiger partial charge in [-0.15, -0.1) is 0 Å². The Morgan fingerprint density at radius 2 is 1.94 bits per heavy atom. The lowest BCUT2D eigenvalue weighted by Gasteiger charge is -2.32. The molecule has 0 radical (unpaired) electrons. The van der Waals surface area contributed by atoms with Gasteiger partial charge in [-0.1, -0.05) is 6.07 Å². The van der Waals surface area contributed by atoms with Gasteiger partial charge in [0.1, 0.15) is 11.4 Å². The van der Waals surface area contributed by atoms with Gasteiger partial charge in [-0.2, -0.15) is 0 Å². The minimum Gasteiger partial charge on any atom is -0.506 e. The van der Waals surface area contributed by atoms with Gasteiger partial charge in [0.25, 0.3) is 0 Å². The fourth-order valence-electron chi connectivity index (χ4n) is 4.38. The van der Waals surface area contributed by atoms with Gasteiger partial charge >= 0.3 is 0 Å². The van der Waals surface area contributed by atoms with Crippen LogP contribution in [0.4, 0.5) is 5.95 Å². The molecule has 0 amide bonds. The molecule has 3 aromatic rings. The highest BCUT2D eigenvalue weighted by Crippen LogP contribution is 2.26. The van der Waals surface area contributed by atoms with E-state index in [-0.39, 0.29) is 24.2 Å². The van der Waals surface area contributed by atoms with Gasteiger partial charge in [0.15, 0.2) is 0 Å². The lowest BCUT2D eigenvalue weighted by Crippen LogP contribution is -2.40. The Hall–Kier alpha value is -2.73. The molecule has 11 heteroatoms. The minimum absolute atomic E-state index is 0.00483. The lowest BCUT2D eigenvalue weighted by atomic mass is 10.1. The summed E-state index contributed by atoms with van der Waals surface area (Å²) in [6, 6.07) is 9.28. The van der Waals surface area contributed by atoms with Crippen LogP contribution in [0.2, 0.25) is 0 Å². The molecule has 0 spiro atoms. The first kappa shape index (κ1) is 24.4. The maximum atomic E-state index is 11.2. The number of nitrogens with two attached hydrogens (primary N) is 1. The van der Waals surface area contributed by atoms with Gasteiger partial charge in [0.2, 0.25) is 16.0 Å². The molecule has 0 atom stereocenters. The smallest absolute Gasteiger partial charge is 0.209 e. The van der Waals surface area contributed by atoms with Crippen molar-refractivity contribution in [1.29, 1.82) is 0 Å². The van der Waals surface area contributed by atoms with Crippen LogP contribution in [0.5, 0.6) is 5.75 Å². The molecule has 1 aliphatic heterocycles. The highest BCUT2D eigenvalue weighted by molar-refractivity contribution is 7.89. The zero-order valence-corrected chi connectivity index (χ0v) is 20.1. The molecule has 34 heavy (non-hydrogen) atoms. The maximum Gasteiger partial charge on any atom is 0.209 e. The number of aromatic nitrogens is 3. The topological polar surface area (TPSA) is 147 Å². The Labute approximate surface area is 199 Å². The lowest BCUT2D eigenvalue weighted by molar-refractivity contribution is 0.219. The number of aromatic hydroxyl groups is 1. The first-order valence-corrected chi connectivity index (χ1v) is 13.2. The Morgan fingerprint density at radius 1 is 1.18 bits per heavy atom. The summed E-state index contributed by atoms with van der Waals surface area (Å²) in [6.07, 6.45) is 2.33. The van der Waals surface area contributed by atoms with E-state index in [1.54, 1.807) is 12.1 Å². The van der Waals surface area contributed by atoms with Gasteiger partial charge in [-0.25, -0.2) is 18.5 Å². The zero-order chi connectivity index (χ0) is 24.3. The number of likely N-dealkylation sites (tertiary alicyclic amines) is 1. The van der Waals surface area contributed by atoms with Gasteiger partial charge < -0.3 is 25.0 Å². The number of aliphatic hydroxyl groups is 1. The third-order valence-corrected chi connectivity index (χ3v) is 7.07. The average Bonchev–Trinajstić information content (AvgIpc) is 3.12. The van der Waals surface area contributed by atoms with Crippen molar-refractivity contribution >= 4 is 27.0 Å². The number of benzene rings is 1. The van der Waals surface area contributed by atoms with E-state index in [0.717, 1.165) is 48.2 Å². The van der Waals surface area contributed by atoms with Gasteiger partial charge in [0, 0.05) is 24.8 Å². The first-order valence-electron chi connectivity index (χ1n) is 11.5. The van der Waals surface area contributed by atoms with E-state index in [9.17, 15) is 18.6 Å². The van der Waals surface area contributed by atoms with E-state index in [1.807, 2.05) is 29.7 Å². The molecular formula is C23H32N6O4S. The molecule has 1 aromatic carbocycles. The van der Waals surface area contributed by atoms with Crippen LogP contribution >= 0.6 is 0 Å². The van der Waals surface area contributed by atoms with E-state index in [1.165, 1.54) is 0 Å². The molecule has 0 saturated carbocycles. The fourth-order valence-corrected chi connectivity index (χ4v) is 4.91. The number of rotatable bonds is 9. The molecular weight excluding hydrogens is 456 g/mol. The quantitative estimate of drug-likeness (QED) is 0.355. The number of sulfonamides is 1. The Bertz CT molecular complexity index is 1250. The Morgan fingerprint density at radius 3 is 2.65 bits per heavy atom. The SMILES string of the molecule is Cc1ccc(O)c(Cn2c(NC3CCN(CCCS(N)(=O)=O)CC3)nc3ccc(CO)cc32)n1. The highest BCUT2D eigenvalue weighted by Gasteiger charge is 2.22. The summed E-state index contributed by atoms with van der Waals surface area (Å²) in [4.78, 5) is 11.6. The summed E-state index contributed by atoms with van der Waals surface area (Å²) < 4.78 is 24.3. The van der Waals surface area contributed by atoms with Crippen LogP contribution in [-0.2, 0) is 23.2 Å². The first-order chi connectivity index (χ1) is 16.2. The van der Waals surface area contributed by atoms with Gasteiger partial charge in [-0.05, 0) is 62.6 Å².